The second kappa shape index (κ2) is 11.6. The number of rotatable bonds is 9. The van der Waals surface area contributed by atoms with Gasteiger partial charge in [-0.2, -0.15) is 0 Å². The summed E-state index contributed by atoms with van der Waals surface area (Å²) in [6.45, 7) is 8.85. The molecule has 0 bridgehead atoms. The Bertz CT molecular complexity index is 1270. The van der Waals surface area contributed by atoms with Gasteiger partial charge in [0.15, 0.2) is 11.5 Å². The van der Waals surface area contributed by atoms with Gasteiger partial charge in [0.25, 0.3) is 0 Å². The Morgan fingerprint density at radius 1 is 0.973 bits per heavy atom. The second-order valence-corrected chi connectivity index (χ2v) is 10.0. The van der Waals surface area contributed by atoms with E-state index in [1.54, 1.807) is 17.0 Å². The zero-order valence-corrected chi connectivity index (χ0v) is 22.3. The van der Waals surface area contributed by atoms with Gasteiger partial charge in [-0.3, -0.25) is 4.79 Å². The standard InChI is InChI=1S/C28H32ClN3O5/c1-18(2)13-32(28(34)30-22-8-5-19(3)24(29)12-22)16-27(33)31(15-23-9-6-20(4)37-23)14-21-7-10-25-26(11-21)36-17-35-25/h5-12,18H,13-17H2,1-4H3,(H,30,34). The van der Waals surface area contributed by atoms with Crippen molar-refractivity contribution in [3.8, 4) is 11.5 Å². The van der Waals surface area contributed by atoms with Gasteiger partial charge in [-0.15, -0.1) is 0 Å². The number of carbonyl (C=O) groups excluding carboxylic acids is 2. The number of fused-ring (bicyclic) bond motifs is 1. The summed E-state index contributed by atoms with van der Waals surface area (Å²) in [5.74, 6) is 2.72. The van der Waals surface area contributed by atoms with E-state index in [1.165, 1.54) is 4.90 Å². The summed E-state index contributed by atoms with van der Waals surface area (Å²) in [7, 11) is 0. The molecule has 0 saturated carbocycles. The van der Waals surface area contributed by atoms with Crippen molar-refractivity contribution in [1.29, 1.82) is 0 Å². The number of ether oxygens (including phenoxy) is 2. The van der Waals surface area contributed by atoms with Gasteiger partial charge in [0.1, 0.15) is 18.1 Å². The summed E-state index contributed by atoms with van der Waals surface area (Å²) >= 11 is 6.23. The Morgan fingerprint density at radius 2 is 1.76 bits per heavy atom. The van der Waals surface area contributed by atoms with Crippen LogP contribution in [-0.4, -0.2) is 41.6 Å². The van der Waals surface area contributed by atoms with Gasteiger partial charge in [0, 0.05) is 23.8 Å². The monoisotopic (exact) mass is 525 g/mol. The van der Waals surface area contributed by atoms with Crippen LogP contribution in [0.15, 0.2) is 52.9 Å². The molecule has 2 aromatic carbocycles. The molecule has 8 nitrogen and oxygen atoms in total. The maximum atomic E-state index is 13.6. The Labute approximate surface area is 222 Å². The number of amides is 3. The summed E-state index contributed by atoms with van der Waals surface area (Å²) in [5, 5.41) is 3.44. The SMILES string of the molecule is Cc1ccc(CN(Cc2ccc3c(c2)OCO3)C(=O)CN(CC(C)C)C(=O)Nc2ccc(C)c(Cl)c2)o1. The number of nitrogens with one attached hydrogen (secondary N) is 1. The number of hydrogen-bond donors (Lipinski definition) is 1. The van der Waals surface area contributed by atoms with Crippen LogP contribution in [0.4, 0.5) is 10.5 Å². The van der Waals surface area contributed by atoms with E-state index in [9.17, 15) is 9.59 Å². The van der Waals surface area contributed by atoms with Crippen molar-refractivity contribution in [2.24, 2.45) is 5.92 Å². The maximum absolute atomic E-state index is 13.6. The van der Waals surface area contributed by atoms with Gasteiger partial charge in [0.2, 0.25) is 12.7 Å². The van der Waals surface area contributed by atoms with E-state index >= 15 is 0 Å². The predicted molar refractivity (Wildman–Crippen MR) is 142 cm³/mol. The number of benzene rings is 2. The first-order chi connectivity index (χ1) is 17.7. The molecular weight excluding hydrogens is 494 g/mol. The summed E-state index contributed by atoms with van der Waals surface area (Å²) in [6, 6.07) is 14.3. The van der Waals surface area contributed by atoms with Crippen molar-refractivity contribution in [2.75, 3.05) is 25.2 Å². The molecule has 37 heavy (non-hydrogen) atoms. The molecule has 1 aromatic heterocycles. The molecule has 0 saturated heterocycles. The van der Waals surface area contributed by atoms with Gasteiger partial charge < -0.3 is 29.0 Å². The lowest BCUT2D eigenvalue weighted by molar-refractivity contribution is -0.133. The largest absolute Gasteiger partial charge is 0.464 e. The second-order valence-electron chi connectivity index (χ2n) is 9.62. The molecule has 2 heterocycles. The average Bonchev–Trinajstić information content (AvgIpc) is 3.48. The van der Waals surface area contributed by atoms with Crippen LogP contribution >= 0.6 is 11.6 Å². The summed E-state index contributed by atoms with van der Waals surface area (Å²) in [6.07, 6.45) is 0. The average molecular weight is 526 g/mol. The molecule has 9 heteroatoms. The first-order valence-electron chi connectivity index (χ1n) is 12.2. The molecule has 3 aromatic rings. The van der Waals surface area contributed by atoms with E-state index in [0.29, 0.717) is 41.1 Å². The predicted octanol–water partition coefficient (Wildman–Crippen LogP) is 6.00. The van der Waals surface area contributed by atoms with Gasteiger partial charge >= 0.3 is 6.03 Å². The molecule has 4 rings (SSSR count). The number of furan rings is 1. The summed E-state index contributed by atoms with van der Waals surface area (Å²) in [4.78, 5) is 30.0. The highest BCUT2D eigenvalue weighted by molar-refractivity contribution is 6.31. The minimum atomic E-state index is -0.362. The maximum Gasteiger partial charge on any atom is 0.322 e. The molecule has 0 aliphatic carbocycles. The van der Waals surface area contributed by atoms with Crippen LogP contribution in [0.1, 0.15) is 36.5 Å². The van der Waals surface area contributed by atoms with E-state index in [0.717, 1.165) is 16.9 Å². The zero-order valence-electron chi connectivity index (χ0n) is 21.5. The number of carbonyl (C=O) groups is 2. The van der Waals surface area contributed by atoms with Crippen molar-refractivity contribution < 1.29 is 23.5 Å². The Balaban J connectivity index is 1.52. The third kappa shape index (κ3) is 6.98. The quantitative estimate of drug-likeness (QED) is 0.370. The lowest BCUT2D eigenvalue weighted by Crippen LogP contribution is -2.45. The summed E-state index contributed by atoms with van der Waals surface area (Å²) in [5.41, 5.74) is 2.38. The molecule has 3 amide bonds. The van der Waals surface area contributed by atoms with E-state index in [1.807, 2.05) is 64.1 Å². The van der Waals surface area contributed by atoms with Crippen LogP contribution in [0, 0.1) is 19.8 Å². The van der Waals surface area contributed by atoms with E-state index in [2.05, 4.69) is 5.32 Å². The topological polar surface area (TPSA) is 84.2 Å². The highest BCUT2D eigenvalue weighted by atomic mass is 35.5. The number of halogens is 1. The Kier molecular flexibility index (Phi) is 8.28. The molecule has 1 aliphatic rings. The van der Waals surface area contributed by atoms with Crippen molar-refractivity contribution >= 4 is 29.2 Å². The van der Waals surface area contributed by atoms with Crippen LogP contribution in [0.25, 0.3) is 0 Å². The fraction of sp³-hybridized carbons (Fsp3) is 0.357. The van der Waals surface area contributed by atoms with Crippen molar-refractivity contribution in [2.45, 2.75) is 40.8 Å². The minimum absolute atomic E-state index is 0.0894. The molecule has 0 atom stereocenters. The number of anilines is 1. The van der Waals surface area contributed by atoms with E-state index < -0.39 is 0 Å². The molecular formula is C28H32ClN3O5. The van der Waals surface area contributed by atoms with Crippen LogP contribution in [0.5, 0.6) is 11.5 Å². The highest BCUT2D eigenvalue weighted by Crippen LogP contribution is 2.33. The summed E-state index contributed by atoms with van der Waals surface area (Å²) < 4.78 is 16.7. The molecule has 0 fully saturated rings. The van der Waals surface area contributed by atoms with Gasteiger partial charge in [-0.25, -0.2) is 4.79 Å². The number of hydrogen-bond acceptors (Lipinski definition) is 5. The highest BCUT2D eigenvalue weighted by Gasteiger charge is 2.24. The first kappa shape index (κ1) is 26.4. The Morgan fingerprint density at radius 3 is 2.46 bits per heavy atom. The lowest BCUT2D eigenvalue weighted by Gasteiger charge is -2.28. The van der Waals surface area contributed by atoms with E-state index in [-0.39, 0.29) is 37.7 Å². The van der Waals surface area contributed by atoms with Gasteiger partial charge in [-0.05, 0) is 67.3 Å². The zero-order chi connectivity index (χ0) is 26.5. The van der Waals surface area contributed by atoms with Crippen molar-refractivity contribution in [3.05, 3.63) is 76.2 Å². The molecule has 1 aliphatic heterocycles. The van der Waals surface area contributed by atoms with Crippen LogP contribution in [0.2, 0.25) is 5.02 Å². The normalized spacial score (nSPS) is 12.1. The Hall–Kier alpha value is -3.65. The van der Waals surface area contributed by atoms with E-state index in [4.69, 9.17) is 25.5 Å². The minimum Gasteiger partial charge on any atom is -0.464 e. The van der Waals surface area contributed by atoms with Crippen molar-refractivity contribution in [1.82, 2.24) is 9.80 Å². The molecule has 196 valence electrons. The molecule has 0 unspecified atom stereocenters. The van der Waals surface area contributed by atoms with Crippen molar-refractivity contribution in [3.63, 3.8) is 0 Å². The first-order valence-corrected chi connectivity index (χ1v) is 12.6. The van der Waals surface area contributed by atoms with Crippen LogP contribution < -0.4 is 14.8 Å². The number of aryl methyl sites for hydroxylation is 2. The van der Waals surface area contributed by atoms with Gasteiger partial charge in [-0.1, -0.05) is 37.6 Å². The molecule has 0 spiro atoms. The smallest absolute Gasteiger partial charge is 0.322 e. The molecule has 0 radical (unpaired) electrons. The fourth-order valence-electron chi connectivity index (χ4n) is 4.05. The third-order valence-corrected chi connectivity index (χ3v) is 6.34. The van der Waals surface area contributed by atoms with Crippen LogP contribution in [-0.2, 0) is 17.9 Å². The number of nitrogens with zero attached hydrogens (tertiary/aromatic N) is 2. The fourth-order valence-corrected chi connectivity index (χ4v) is 4.23. The number of urea groups is 1. The molecule has 1 N–H and O–H groups in total. The van der Waals surface area contributed by atoms with Gasteiger partial charge in [0.05, 0.1) is 6.54 Å². The third-order valence-electron chi connectivity index (χ3n) is 5.93. The lowest BCUT2D eigenvalue weighted by atomic mass is 10.1. The van der Waals surface area contributed by atoms with Crippen LogP contribution in [0.3, 0.4) is 0 Å².